The van der Waals surface area contributed by atoms with Crippen LogP contribution in [0.4, 0.5) is 0 Å². The molecule has 0 aliphatic carbocycles. The molecule has 3 N–H and O–H groups in total. The minimum absolute atomic E-state index is 0.0121. The van der Waals surface area contributed by atoms with Crippen molar-refractivity contribution in [3.8, 4) is 5.75 Å². The predicted octanol–water partition coefficient (Wildman–Crippen LogP) is 0.424. The van der Waals surface area contributed by atoms with Crippen molar-refractivity contribution < 1.29 is 9.90 Å². The van der Waals surface area contributed by atoms with Crippen molar-refractivity contribution in [2.24, 2.45) is 5.73 Å². The Morgan fingerprint density at radius 2 is 2.05 bits per heavy atom. The first-order valence-corrected chi connectivity index (χ1v) is 7.00. The molecule has 0 aromatic heterocycles. The minimum atomic E-state index is -0.518. The highest BCUT2D eigenvalue weighted by Crippen LogP contribution is 2.13. The summed E-state index contributed by atoms with van der Waals surface area (Å²) in [5.74, 6) is 0.236. The van der Waals surface area contributed by atoms with Gasteiger partial charge in [0.05, 0.1) is 6.04 Å². The molecule has 2 atom stereocenters. The maximum Gasteiger partial charge on any atom is 0.239 e. The number of nitrogens with two attached hydrogens (primary N) is 1. The number of carbonyl (C=O) groups is 1. The zero-order valence-corrected chi connectivity index (χ0v) is 12.1. The number of phenolic OH excluding ortho intramolecular Hbond substituents is 1. The second kappa shape index (κ2) is 6.24. The summed E-state index contributed by atoms with van der Waals surface area (Å²) in [4.78, 5) is 16.5. The summed E-state index contributed by atoms with van der Waals surface area (Å²) in [5, 5.41) is 9.25. The van der Waals surface area contributed by atoms with E-state index < -0.39 is 6.04 Å². The van der Waals surface area contributed by atoms with E-state index in [0.717, 1.165) is 25.2 Å². The Bertz CT molecular complexity index is 461. The fraction of sp³-hybridized carbons (Fsp3) is 0.533. The molecule has 1 fully saturated rings. The number of aromatic hydroxyl groups is 1. The Labute approximate surface area is 120 Å². The molecule has 1 amide bonds. The quantitative estimate of drug-likeness (QED) is 0.840. The van der Waals surface area contributed by atoms with Gasteiger partial charge in [0.1, 0.15) is 5.75 Å². The first-order valence-electron chi connectivity index (χ1n) is 7.00. The van der Waals surface area contributed by atoms with E-state index in [4.69, 9.17) is 5.73 Å². The molecular formula is C15H23N3O2. The lowest BCUT2D eigenvalue weighted by molar-refractivity contribution is -0.135. The summed E-state index contributed by atoms with van der Waals surface area (Å²) in [6, 6.07) is 6.68. The highest BCUT2D eigenvalue weighted by Gasteiger charge is 2.27. The number of hydrogen-bond acceptors (Lipinski definition) is 4. The van der Waals surface area contributed by atoms with Crippen LogP contribution < -0.4 is 5.73 Å². The zero-order valence-electron chi connectivity index (χ0n) is 12.1. The van der Waals surface area contributed by atoms with Gasteiger partial charge in [0.25, 0.3) is 0 Å². The second-order valence-electron chi connectivity index (χ2n) is 5.59. The van der Waals surface area contributed by atoms with Crippen LogP contribution >= 0.6 is 0 Å². The lowest BCUT2D eigenvalue weighted by Crippen LogP contribution is -2.56. The number of benzene rings is 1. The summed E-state index contributed by atoms with van der Waals surface area (Å²) >= 11 is 0. The molecule has 1 heterocycles. The van der Waals surface area contributed by atoms with Crippen LogP contribution in [0.15, 0.2) is 24.3 Å². The van der Waals surface area contributed by atoms with Crippen LogP contribution in [-0.2, 0) is 11.2 Å². The summed E-state index contributed by atoms with van der Waals surface area (Å²) < 4.78 is 0. The van der Waals surface area contributed by atoms with Crippen LogP contribution in [0.25, 0.3) is 0 Å². The average Bonchev–Trinajstić information content (AvgIpc) is 2.43. The van der Waals surface area contributed by atoms with Crippen molar-refractivity contribution in [2.45, 2.75) is 25.4 Å². The molecule has 0 spiro atoms. The lowest BCUT2D eigenvalue weighted by Gasteiger charge is -2.38. The summed E-state index contributed by atoms with van der Waals surface area (Å²) in [6.07, 6.45) is 0.500. The van der Waals surface area contributed by atoms with Gasteiger partial charge in [-0.05, 0) is 38.1 Å². The molecule has 0 bridgehead atoms. The highest BCUT2D eigenvalue weighted by molar-refractivity contribution is 5.82. The topological polar surface area (TPSA) is 69.8 Å². The van der Waals surface area contributed by atoms with Gasteiger partial charge in [-0.2, -0.15) is 0 Å². The molecule has 1 aliphatic heterocycles. The molecule has 1 saturated heterocycles. The van der Waals surface area contributed by atoms with Crippen LogP contribution in [0.2, 0.25) is 0 Å². The highest BCUT2D eigenvalue weighted by atomic mass is 16.3. The molecule has 0 radical (unpaired) electrons. The number of amides is 1. The van der Waals surface area contributed by atoms with Gasteiger partial charge < -0.3 is 20.6 Å². The van der Waals surface area contributed by atoms with Crippen LogP contribution in [0.5, 0.6) is 5.75 Å². The Kier molecular flexibility index (Phi) is 4.62. The minimum Gasteiger partial charge on any atom is -0.508 e. The number of rotatable bonds is 3. The molecule has 5 nitrogen and oxygen atoms in total. The Balaban J connectivity index is 1.93. The fourth-order valence-electron chi connectivity index (χ4n) is 2.46. The van der Waals surface area contributed by atoms with Crippen molar-refractivity contribution in [3.05, 3.63) is 29.8 Å². The van der Waals surface area contributed by atoms with E-state index in [1.54, 1.807) is 24.3 Å². The van der Waals surface area contributed by atoms with Crippen LogP contribution in [0, 0.1) is 0 Å². The normalized spacial score (nSPS) is 21.8. The first-order chi connectivity index (χ1) is 9.47. The molecule has 20 heavy (non-hydrogen) atoms. The van der Waals surface area contributed by atoms with Gasteiger partial charge in [0.2, 0.25) is 5.91 Å². The molecule has 1 unspecified atom stereocenters. The number of carbonyl (C=O) groups excluding carboxylic acids is 1. The van der Waals surface area contributed by atoms with Gasteiger partial charge in [0, 0.05) is 25.7 Å². The van der Waals surface area contributed by atoms with Crippen LogP contribution in [-0.4, -0.2) is 59.6 Å². The standard InChI is InChI=1S/C15H23N3O2/c1-11-10-18(8-7-17(11)2)15(20)14(16)9-12-3-5-13(19)6-4-12/h3-6,11,14,19H,7-10,16H2,1-2H3/t11?,14-/m0/s1. The van der Waals surface area contributed by atoms with Gasteiger partial charge in [-0.15, -0.1) is 0 Å². The van der Waals surface area contributed by atoms with Crippen molar-refractivity contribution in [2.75, 3.05) is 26.7 Å². The maximum atomic E-state index is 12.4. The summed E-state index contributed by atoms with van der Waals surface area (Å²) in [6.45, 7) is 4.48. The molecule has 2 rings (SSSR count). The van der Waals surface area contributed by atoms with Gasteiger partial charge in [-0.1, -0.05) is 12.1 Å². The molecule has 1 aromatic rings. The summed E-state index contributed by atoms with van der Waals surface area (Å²) in [5.41, 5.74) is 6.99. The van der Waals surface area contributed by atoms with Crippen molar-refractivity contribution in [1.82, 2.24) is 9.80 Å². The molecule has 5 heteroatoms. The molecular weight excluding hydrogens is 254 g/mol. The van der Waals surface area contributed by atoms with Crippen molar-refractivity contribution in [1.29, 1.82) is 0 Å². The summed E-state index contributed by atoms with van der Waals surface area (Å²) in [7, 11) is 2.07. The molecule has 1 aromatic carbocycles. The molecule has 110 valence electrons. The van der Waals surface area contributed by atoms with Crippen molar-refractivity contribution >= 4 is 5.91 Å². The number of likely N-dealkylation sites (N-methyl/N-ethyl adjacent to an activating group) is 1. The predicted molar refractivity (Wildman–Crippen MR) is 78.5 cm³/mol. The molecule has 1 aliphatic rings. The maximum absolute atomic E-state index is 12.4. The smallest absolute Gasteiger partial charge is 0.239 e. The number of hydrogen-bond donors (Lipinski definition) is 2. The third kappa shape index (κ3) is 3.49. The van der Waals surface area contributed by atoms with Gasteiger partial charge >= 0.3 is 0 Å². The number of piperazine rings is 1. The monoisotopic (exact) mass is 277 g/mol. The lowest BCUT2D eigenvalue weighted by atomic mass is 10.0. The number of nitrogens with zero attached hydrogens (tertiary/aromatic N) is 2. The van der Waals surface area contributed by atoms with Crippen LogP contribution in [0.3, 0.4) is 0 Å². The van der Waals surface area contributed by atoms with E-state index >= 15 is 0 Å². The Hall–Kier alpha value is -1.59. The zero-order chi connectivity index (χ0) is 14.7. The fourth-order valence-corrected chi connectivity index (χ4v) is 2.46. The van der Waals surface area contributed by atoms with Crippen LogP contribution in [0.1, 0.15) is 12.5 Å². The van der Waals surface area contributed by atoms with E-state index in [1.165, 1.54) is 0 Å². The Morgan fingerprint density at radius 1 is 1.40 bits per heavy atom. The van der Waals surface area contributed by atoms with E-state index in [1.807, 2.05) is 4.90 Å². The van der Waals surface area contributed by atoms with E-state index in [0.29, 0.717) is 12.5 Å². The Morgan fingerprint density at radius 3 is 2.65 bits per heavy atom. The first kappa shape index (κ1) is 14.8. The van der Waals surface area contributed by atoms with E-state index in [9.17, 15) is 9.90 Å². The molecule has 0 saturated carbocycles. The van der Waals surface area contributed by atoms with Gasteiger partial charge in [-0.25, -0.2) is 0 Å². The van der Waals surface area contributed by atoms with Gasteiger partial charge in [0.15, 0.2) is 0 Å². The second-order valence-corrected chi connectivity index (χ2v) is 5.59. The van der Waals surface area contributed by atoms with E-state index in [-0.39, 0.29) is 11.7 Å². The largest absolute Gasteiger partial charge is 0.508 e. The van der Waals surface area contributed by atoms with Crippen molar-refractivity contribution in [3.63, 3.8) is 0 Å². The third-order valence-corrected chi connectivity index (χ3v) is 3.98. The van der Waals surface area contributed by atoms with Gasteiger partial charge in [-0.3, -0.25) is 4.79 Å². The average molecular weight is 277 g/mol. The number of phenols is 1. The SMILES string of the molecule is CC1CN(C(=O)[C@@H](N)Cc2ccc(O)cc2)CCN1C. The van der Waals surface area contributed by atoms with E-state index in [2.05, 4.69) is 18.9 Å². The third-order valence-electron chi connectivity index (χ3n) is 3.98.